The van der Waals surface area contributed by atoms with Crippen molar-refractivity contribution in [1.29, 1.82) is 0 Å². The van der Waals surface area contributed by atoms with Gasteiger partial charge in [0.15, 0.2) is 0 Å². The monoisotopic (exact) mass is 544 g/mol. The molecule has 1 aliphatic carbocycles. The molecule has 39 heavy (non-hydrogen) atoms. The summed E-state index contributed by atoms with van der Waals surface area (Å²) in [5, 5.41) is 15.9. The second-order valence-corrected chi connectivity index (χ2v) is 9.33. The number of amides is 2. The highest BCUT2D eigenvalue weighted by atomic mass is 19.4. The molecule has 0 aromatic heterocycles. The first-order chi connectivity index (χ1) is 18.5. The number of fused-ring (bicyclic) bond motifs is 1. The third-order valence-electron chi connectivity index (χ3n) is 6.71. The number of primary amides is 1. The average molecular weight is 545 g/mol. The van der Waals surface area contributed by atoms with Gasteiger partial charge in [0, 0.05) is 30.0 Å². The minimum Gasteiger partial charge on any atom is -0.382 e. The van der Waals surface area contributed by atoms with E-state index in [4.69, 9.17) is 10.5 Å². The fraction of sp³-hybridized carbons (Fsp3) is 0.333. The van der Waals surface area contributed by atoms with Crippen molar-refractivity contribution in [2.45, 2.75) is 44.0 Å². The Labute approximate surface area is 221 Å². The fourth-order valence-electron chi connectivity index (χ4n) is 4.76. The summed E-state index contributed by atoms with van der Waals surface area (Å²) in [7, 11) is 0. The molecule has 0 heterocycles. The normalized spacial score (nSPS) is 17.5. The van der Waals surface area contributed by atoms with Gasteiger partial charge >= 0.3 is 18.0 Å². The summed E-state index contributed by atoms with van der Waals surface area (Å²) in [6.07, 6.45) is -2.52. The largest absolute Gasteiger partial charge is 0.423 e. The number of benzene rings is 3. The van der Waals surface area contributed by atoms with Gasteiger partial charge < -0.3 is 20.7 Å². The Bertz CT molecular complexity index is 1370. The van der Waals surface area contributed by atoms with Gasteiger partial charge in [-0.15, -0.1) is 0 Å². The zero-order valence-corrected chi connectivity index (χ0v) is 20.8. The molecule has 0 spiro atoms. The number of nitrogens with zero attached hydrogens (tertiary/aromatic N) is 2. The lowest BCUT2D eigenvalue weighted by atomic mass is 9.92. The minimum atomic E-state index is -4.85. The number of nitro benzene ring substituents is 1. The molecule has 0 bridgehead atoms. The Morgan fingerprint density at radius 3 is 2.36 bits per heavy atom. The first-order valence-electron chi connectivity index (χ1n) is 12.4. The van der Waals surface area contributed by atoms with Gasteiger partial charge in [-0.3, -0.25) is 19.7 Å². The van der Waals surface area contributed by atoms with Gasteiger partial charge in [0.25, 0.3) is 5.69 Å². The maximum atomic E-state index is 13.3. The highest BCUT2D eigenvalue weighted by Gasteiger charge is 2.38. The lowest BCUT2D eigenvalue weighted by Crippen LogP contribution is -2.42. The molecule has 2 amide bonds. The molecule has 12 heteroatoms. The van der Waals surface area contributed by atoms with Crippen molar-refractivity contribution in [2.24, 2.45) is 5.73 Å². The molecule has 0 atom stereocenters. The SMILES string of the molecule is NC(=O)C(=O)N(CCOC1CCC(Nc2ccc([N+](=O)[O-])c(C(F)(F)F)c2)CC1)c1ccc2ccccc2c1. The smallest absolute Gasteiger partial charge is 0.382 e. The predicted octanol–water partition coefficient (Wildman–Crippen LogP) is 5.03. The topological polar surface area (TPSA) is 128 Å². The van der Waals surface area contributed by atoms with Crippen LogP contribution in [0, 0.1) is 10.1 Å². The molecule has 3 aromatic rings. The predicted molar refractivity (Wildman–Crippen MR) is 139 cm³/mol. The van der Waals surface area contributed by atoms with E-state index < -0.39 is 34.2 Å². The van der Waals surface area contributed by atoms with Crippen LogP contribution >= 0.6 is 0 Å². The molecule has 3 N–H and O–H groups in total. The molecule has 1 fully saturated rings. The summed E-state index contributed by atoms with van der Waals surface area (Å²) < 4.78 is 45.8. The van der Waals surface area contributed by atoms with Gasteiger partial charge in [-0.25, -0.2) is 0 Å². The van der Waals surface area contributed by atoms with E-state index in [0.717, 1.165) is 22.9 Å². The van der Waals surface area contributed by atoms with Crippen LogP contribution < -0.4 is 16.0 Å². The van der Waals surface area contributed by atoms with Crippen LogP contribution in [0.3, 0.4) is 0 Å². The molecule has 9 nitrogen and oxygen atoms in total. The minimum absolute atomic E-state index is 0.112. The molecular weight excluding hydrogens is 517 g/mol. The number of anilines is 2. The van der Waals surface area contributed by atoms with E-state index in [1.54, 1.807) is 12.1 Å². The van der Waals surface area contributed by atoms with Gasteiger partial charge in [0.1, 0.15) is 5.56 Å². The number of nitro groups is 1. The molecule has 0 aliphatic heterocycles. The van der Waals surface area contributed by atoms with Crippen LogP contribution in [-0.4, -0.2) is 42.0 Å². The average Bonchev–Trinajstić information content (AvgIpc) is 2.90. The van der Waals surface area contributed by atoms with E-state index in [-0.39, 0.29) is 31.0 Å². The molecule has 0 unspecified atom stereocenters. The van der Waals surface area contributed by atoms with Gasteiger partial charge in [0.05, 0.1) is 17.6 Å². The number of nitrogens with two attached hydrogens (primary N) is 1. The van der Waals surface area contributed by atoms with E-state index in [0.29, 0.717) is 31.4 Å². The molecule has 1 saturated carbocycles. The first-order valence-corrected chi connectivity index (χ1v) is 12.4. The molecule has 206 valence electrons. The number of carbonyl (C=O) groups excluding carboxylic acids is 2. The quantitative estimate of drug-likeness (QED) is 0.233. The van der Waals surface area contributed by atoms with E-state index in [1.807, 2.05) is 30.3 Å². The van der Waals surface area contributed by atoms with Crippen molar-refractivity contribution < 1.29 is 32.4 Å². The summed E-state index contributed by atoms with van der Waals surface area (Å²) in [6.45, 7) is 0.271. The molecule has 1 aliphatic rings. The summed E-state index contributed by atoms with van der Waals surface area (Å²) in [6, 6.07) is 15.8. The van der Waals surface area contributed by atoms with Gasteiger partial charge in [0.2, 0.25) is 0 Å². The molecule has 4 rings (SSSR count). The number of hydrogen-bond donors (Lipinski definition) is 2. The highest BCUT2D eigenvalue weighted by molar-refractivity contribution is 6.39. The number of hydrogen-bond acceptors (Lipinski definition) is 6. The van der Waals surface area contributed by atoms with Crippen molar-refractivity contribution in [3.05, 3.63) is 76.3 Å². The van der Waals surface area contributed by atoms with Crippen LogP contribution in [0.1, 0.15) is 31.2 Å². The summed E-state index contributed by atoms with van der Waals surface area (Å²) in [5.41, 5.74) is 3.66. The second kappa shape index (κ2) is 11.7. The van der Waals surface area contributed by atoms with Crippen LogP contribution in [0.25, 0.3) is 10.8 Å². The van der Waals surface area contributed by atoms with Gasteiger partial charge in [-0.2, -0.15) is 13.2 Å². The molecular formula is C27H27F3N4O5. The van der Waals surface area contributed by atoms with Gasteiger partial charge in [-0.05, 0) is 60.7 Å². The Hall–Kier alpha value is -4.19. The number of rotatable bonds is 8. The lowest BCUT2D eigenvalue weighted by molar-refractivity contribution is -0.388. The number of alkyl halides is 3. The van der Waals surface area contributed by atoms with Crippen molar-refractivity contribution >= 4 is 39.6 Å². The van der Waals surface area contributed by atoms with Crippen LogP contribution in [0.4, 0.5) is 30.2 Å². The lowest BCUT2D eigenvalue weighted by Gasteiger charge is -2.30. The molecule has 3 aromatic carbocycles. The Morgan fingerprint density at radius 1 is 1.03 bits per heavy atom. The number of nitrogens with one attached hydrogen (secondary N) is 1. The highest BCUT2D eigenvalue weighted by Crippen LogP contribution is 2.38. The maximum Gasteiger partial charge on any atom is 0.423 e. The number of halogens is 3. The van der Waals surface area contributed by atoms with E-state index in [9.17, 15) is 32.9 Å². The van der Waals surface area contributed by atoms with Crippen molar-refractivity contribution in [2.75, 3.05) is 23.4 Å². The maximum absolute atomic E-state index is 13.3. The number of carbonyl (C=O) groups is 2. The van der Waals surface area contributed by atoms with Crippen molar-refractivity contribution in [1.82, 2.24) is 0 Å². The van der Waals surface area contributed by atoms with Crippen LogP contribution in [-0.2, 0) is 20.5 Å². The third-order valence-corrected chi connectivity index (χ3v) is 6.71. The Kier molecular flexibility index (Phi) is 8.34. The molecule has 0 radical (unpaired) electrons. The summed E-state index contributed by atoms with van der Waals surface area (Å²) >= 11 is 0. The van der Waals surface area contributed by atoms with Crippen molar-refractivity contribution in [3.63, 3.8) is 0 Å². The Balaban J connectivity index is 1.32. The van der Waals surface area contributed by atoms with Crippen LogP contribution in [0.15, 0.2) is 60.7 Å². The molecule has 0 saturated heterocycles. The number of ether oxygens (including phenoxy) is 1. The zero-order chi connectivity index (χ0) is 28.2. The van der Waals surface area contributed by atoms with E-state index >= 15 is 0 Å². The van der Waals surface area contributed by atoms with Crippen molar-refractivity contribution in [3.8, 4) is 0 Å². The first kappa shape index (κ1) is 27.8. The fourth-order valence-corrected chi connectivity index (χ4v) is 4.76. The standard InChI is InChI=1S/C27H27F3N4O5/c28-27(29,30)23-16-20(8-12-24(23)34(37)38)32-19-6-10-22(11-7-19)39-14-13-33(26(36)25(31)35)21-9-5-17-3-1-2-4-18(17)15-21/h1-5,8-9,12,15-16,19,22,32H,6-7,10-11,13-14H2,(H2,31,35). The van der Waals surface area contributed by atoms with Crippen LogP contribution in [0.2, 0.25) is 0 Å². The van der Waals surface area contributed by atoms with E-state index in [2.05, 4.69) is 5.32 Å². The summed E-state index contributed by atoms with van der Waals surface area (Å²) in [4.78, 5) is 35.3. The Morgan fingerprint density at radius 2 is 1.72 bits per heavy atom. The van der Waals surface area contributed by atoms with Gasteiger partial charge in [-0.1, -0.05) is 30.3 Å². The van der Waals surface area contributed by atoms with Crippen LogP contribution in [0.5, 0.6) is 0 Å². The van der Waals surface area contributed by atoms with E-state index in [1.165, 1.54) is 11.0 Å². The second-order valence-electron chi connectivity index (χ2n) is 9.33. The summed E-state index contributed by atoms with van der Waals surface area (Å²) in [5.74, 6) is -1.92. The third kappa shape index (κ3) is 6.82. The zero-order valence-electron chi connectivity index (χ0n) is 20.8.